The Morgan fingerprint density at radius 2 is 1.28 bits per heavy atom. The van der Waals surface area contributed by atoms with Gasteiger partial charge in [0.15, 0.2) is 11.6 Å². The van der Waals surface area contributed by atoms with Crippen molar-refractivity contribution in [3.63, 3.8) is 0 Å². The molecular formula is C20H24F3N5O3S. The number of hydrogen-bond acceptors (Lipinski definition) is 7. The molecule has 3 heterocycles. The molecule has 0 atom stereocenters. The highest BCUT2D eigenvalue weighted by atomic mass is 32.2. The highest BCUT2D eigenvalue weighted by Crippen LogP contribution is 2.26. The molecule has 2 saturated heterocycles. The molecule has 1 aromatic heterocycles. The maximum Gasteiger partial charge on any atom is 0.573 e. The van der Waals surface area contributed by atoms with Crippen molar-refractivity contribution >= 4 is 21.7 Å². The summed E-state index contributed by atoms with van der Waals surface area (Å²) in [5, 5.41) is 8.66. The second kappa shape index (κ2) is 9.10. The first-order chi connectivity index (χ1) is 15.2. The van der Waals surface area contributed by atoms with E-state index in [0.717, 1.165) is 56.0 Å². The van der Waals surface area contributed by atoms with Gasteiger partial charge in [0.2, 0.25) is 10.0 Å². The summed E-state index contributed by atoms with van der Waals surface area (Å²) >= 11 is 0. The lowest BCUT2D eigenvalue weighted by molar-refractivity contribution is -0.274. The molecule has 0 aliphatic carbocycles. The number of sulfonamides is 1. The molecule has 8 nitrogen and oxygen atoms in total. The Kier molecular flexibility index (Phi) is 6.42. The van der Waals surface area contributed by atoms with Crippen LogP contribution in [0.1, 0.15) is 19.3 Å². The van der Waals surface area contributed by atoms with Gasteiger partial charge in [0.05, 0.1) is 4.90 Å². The summed E-state index contributed by atoms with van der Waals surface area (Å²) in [6.45, 7) is 3.30. The smallest absolute Gasteiger partial charge is 0.406 e. The highest BCUT2D eigenvalue weighted by molar-refractivity contribution is 7.89. The van der Waals surface area contributed by atoms with Crippen LogP contribution >= 0.6 is 0 Å². The van der Waals surface area contributed by atoms with Crippen LogP contribution in [0.25, 0.3) is 0 Å². The number of ether oxygens (including phenoxy) is 1. The molecular weight excluding hydrogens is 447 g/mol. The van der Waals surface area contributed by atoms with Crippen molar-refractivity contribution < 1.29 is 26.3 Å². The third kappa shape index (κ3) is 5.23. The Labute approximate surface area is 184 Å². The fraction of sp³-hybridized carbons (Fsp3) is 0.500. The van der Waals surface area contributed by atoms with E-state index in [2.05, 4.69) is 19.8 Å². The maximum absolute atomic E-state index is 12.9. The predicted octanol–water partition coefficient (Wildman–Crippen LogP) is 2.88. The summed E-state index contributed by atoms with van der Waals surface area (Å²) in [5.41, 5.74) is 0. The van der Waals surface area contributed by atoms with Gasteiger partial charge in [-0.1, -0.05) is 0 Å². The van der Waals surface area contributed by atoms with E-state index >= 15 is 0 Å². The molecule has 2 fully saturated rings. The molecule has 0 N–H and O–H groups in total. The number of halogens is 3. The number of nitrogens with zero attached hydrogens (tertiary/aromatic N) is 5. The number of benzene rings is 1. The Morgan fingerprint density at radius 3 is 1.78 bits per heavy atom. The minimum atomic E-state index is -4.83. The largest absolute Gasteiger partial charge is 0.573 e. The normalized spacial score (nSPS) is 18.6. The van der Waals surface area contributed by atoms with Gasteiger partial charge in [0.1, 0.15) is 5.75 Å². The SMILES string of the molecule is O=S(=O)(c1ccc(OC(F)(F)F)cc1)N1CCN(c2ccc(N3CCCCC3)nn2)CC1. The minimum Gasteiger partial charge on any atom is -0.406 e. The number of piperidine rings is 1. The summed E-state index contributed by atoms with van der Waals surface area (Å²) in [6.07, 6.45) is -1.29. The molecule has 0 bridgehead atoms. The molecule has 2 aromatic rings. The van der Waals surface area contributed by atoms with Crippen LogP contribution in [0.15, 0.2) is 41.3 Å². The van der Waals surface area contributed by atoms with E-state index in [0.29, 0.717) is 18.9 Å². The van der Waals surface area contributed by atoms with Gasteiger partial charge >= 0.3 is 6.36 Å². The fourth-order valence-electron chi connectivity index (χ4n) is 3.90. The summed E-state index contributed by atoms with van der Waals surface area (Å²) in [6, 6.07) is 8.08. The lowest BCUT2D eigenvalue weighted by Gasteiger charge is -2.34. The first-order valence-electron chi connectivity index (χ1n) is 10.4. The third-order valence-corrected chi connectivity index (χ3v) is 7.49. The molecule has 174 valence electrons. The van der Waals surface area contributed by atoms with Gasteiger partial charge in [-0.25, -0.2) is 8.42 Å². The van der Waals surface area contributed by atoms with E-state index in [4.69, 9.17) is 0 Å². The van der Waals surface area contributed by atoms with Crippen LogP contribution < -0.4 is 14.5 Å². The molecule has 0 spiro atoms. The Morgan fingerprint density at radius 1 is 0.750 bits per heavy atom. The van der Waals surface area contributed by atoms with Gasteiger partial charge in [0.25, 0.3) is 0 Å². The average Bonchev–Trinajstić information content (AvgIpc) is 2.79. The molecule has 2 aliphatic rings. The Balaban J connectivity index is 1.36. The van der Waals surface area contributed by atoms with Crippen LogP contribution in [0, 0.1) is 0 Å². The van der Waals surface area contributed by atoms with Crippen molar-refractivity contribution in [2.45, 2.75) is 30.5 Å². The molecule has 2 aliphatic heterocycles. The van der Waals surface area contributed by atoms with Crippen LogP contribution in [0.4, 0.5) is 24.8 Å². The maximum atomic E-state index is 12.9. The van der Waals surface area contributed by atoms with Gasteiger partial charge in [0, 0.05) is 39.3 Å². The number of anilines is 2. The lowest BCUT2D eigenvalue weighted by atomic mass is 10.1. The number of piperazine rings is 1. The van der Waals surface area contributed by atoms with Crippen molar-refractivity contribution in [3.05, 3.63) is 36.4 Å². The second-order valence-corrected chi connectivity index (χ2v) is 9.65. The van der Waals surface area contributed by atoms with Gasteiger partial charge in [-0.3, -0.25) is 0 Å². The van der Waals surface area contributed by atoms with E-state index in [1.807, 2.05) is 17.0 Å². The van der Waals surface area contributed by atoms with Crippen molar-refractivity contribution in [1.29, 1.82) is 0 Å². The van der Waals surface area contributed by atoms with Gasteiger partial charge < -0.3 is 14.5 Å². The predicted molar refractivity (Wildman–Crippen MR) is 112 cm³/mol. The monoisotopic (exact) mass is 471 g/mol. The Hall–Kier alpha value is -2.60. The third-order valence-electron chi connectivity index (χ3n) is 5.57. The minimum absolute atomic E-state index is 0.0776. The van der Waals surface area contributed by atoms with Crippen molar-refractivity contribution in [2.75, 3.05) is 49.1 Å². The second-order valence-electron chi connectivity index (χ2n) is 7.71. The lowest BCUT2D eigenvalue weighted by Crippen LogP contribution is -2.49. The summed E-state index contributed by atoms with van der Waals surface area (Å²) in [5.74, 6) is 1.08. The van der Waals surface area contributed by atoms with Crippen LogP contribution in [0.5, 0.6) is 5.75 Å². The molecule has 12 heteroatoms. The van der Waals surface area contributed by atoms with Crippen LogP contribution in [0.2, 0.25) is 0 Å². The number of alkyl halides is 3. The molecule has 4 rings (SSSR count). The summed E-state index contributed by atoms with van der Waals surface area (Å²) < 4.78 is 67.7. The van der Waals surface area contributed by atoms with Gasteiger partial charge in [-0.15, -0.1) is 23.4 Å². The number of aromatic nitrogens is 2. The fourth-order valence-corrected chi connectivity index (χ4v) is 5.32. The Bertz CT molecular complexity index is 1000. The average molecular weight is 472 g/mol. The molecule has 0 amide bonds. The molecule has 0 radical (unpaired) electrons. The highest BCUT2D eigenvalue weighted by Gasteiger charge is 2.32. The molecule has 1 aromatic carbocycles. The number of hydrogen-bond donors (Lipinski definition) is 0. The molecule has 0 saturated carbocycles. The standard InChI is InChI=1S/C20H24F3N5O3S/c21-20(22,23)31-16-4-6-17(7-5-16)32(29,30)28-14-12-27(13-15-28)19-9-8-18(24-25-19)26-10-2-1-3-11-26/h4-9H,1-3,10-15H2. The zero-order valence-corrected chi connectivity index (χ0v) is 18.1. The summed E-state index contributed by atoms with van der Waals surface area (Å²) in [7, 11) is -3.82. The zero-order valence-electron chi connectivity index (χ0n) is 17.3. The zero-order chi connectivity index (χ0) is 22.8. The van der Waals surface area contributed by atoms with Gasteiger partial charge in [-0.05, 0) is 55.7 Å². The first kappa shape index (κ1) is 22.6. The van der Waals surface area contributed by atoms with Crippen molar-refractivity contribution in [1.82, 2.24) is 14.5 Å². The van der Waals surface area contributed by atoms with Crippen molar-refractivity contribution in [3.8, 4) is 5.75 Å². The first-order valence-corrected chi connectivity index (χ1v) is 11.9. The van der Waals surface area contributed by atoms with Crippen LogP contribution in [-0.2, 0) is 10.0 Å². The summed E-state index contributed by atoms with van der Waals surface area (Å²) in [4.78, 5) is 4.11. The van der Waals surface area contributed by atoms with Crippen LogP contribution in [-0.4, -0.2) is 68.6 Å². The van der Waals surface area contributed by atoms with Crippen LogP contribution in [0.3, 0.4) is 0 Å². The van der Waals surface area contributed by atoms with Crippen molar-refractivity contribution in [2.24, 2.45) is 0 Å². The molecule has 0 unspecified atom stereocenters. The topological polar surface area (TPSA) is 78.9 Å². The van der Waals surface area contributed by atoms with E-state index in [-0.39, 0.29) is 18.0 Å². The van der Waals surface area contributed by atoms with E-state index in [1.54, 1.807) is 0 Å². The quantitative estimate of drug-likeness (QED) is 0.664. The molecule has 32 heavy (non-hydrogen) atoms. The van der Waals surface area contributed by atoms with Gasteiger partial charge in [-0.2, -0.15) is 4.31 Å². The van der Waals surface area contributed by atoms with E-state index in [9.17, 15) is 21.6 Å². The number of rotatable bonds is 5. The van der Waals surface area contributed by atoms with E-state index in [1.165, 1.54) is 10.7 Å². The van der Waals surface area contributed by atoms with E-state index < -0.39 is 22.1 Å².